The van der Waals surface area contributed by atoms with E-state index in [1.54, 1.807) is 38.4 Å². The van der Waals surface area contributed by atoms with E-state index in [1.807, 2.05) is 0 Å². The summed E-state index contributed by atoms with van der Waals surface area (Å²) in [7, 11) is 4.63. The third kappa shape index (κ3) is 4.51. The topological polar surface area (TPSA) is 80.3 Å². The minimum absolute atomic E-state index is 0.0266. The third-order valence-electron chi connectivity index (χ3n) is 7.22. The van der Waals surface area contributed by atoms with Gasteiger partial charge in [-0.2, -0.15) is 0 Å². The average molecular weight is 446 g/mol. The summed E-state index contributed by atoms with van der Waals surface area (Å²) in [5, 5.41) is 3.17. The zero-order chi connectivity index (χ0) is 22.7. The van der Waals surface area contributed by atoms with Crippen LogP contribution in [0.15, 0.2) is 12.1 Å². The van der Waals surface area contributed by atoms with E-state index >= 15 is 0 Å². The van der Waals surface area contributed by atoms with Crippen LogP contribution in [0.25, 0.3) is 0 Å². The zero-order valence-electron chi connectivity index (χ0n) is 19.4. The van der Waals surface area contributed by atoms with Gasteiger partial charge in [0.15, 0.2) is 11.5 Å². The van der Waals surface area contributed by atoms with E-state index < -0.39 is 0 Å². The first-order valence-corrected chi connectivity index (χ1v) is 11.7. The van der Waals surface area contributed by atoms with Gasteiger partial charge in [0.25, 0.3) is 0 Å². The molecule has 0 aliphatic carbocycles. The number of methoxy groups -OCH3 is 3. The molecule has 2 amide bonds. The Labute approximate surface area is 190 Å². The molecule has 0 radical (unpaired) electrons. The molecule has 1 aromatic carbocycles. The number of nitrogens with one attached hydrogen (secondary N) is 1. The SMILES string of the molecule is COc1cc(N2C[C@H](C(=O)NC[C@@H]3CCCN4CCCC[C@@H]34)CC2=O)cc(OC)c1OC. The molecule has 1 aromatic rings. The number of nitrogens with zero attached hydrogens (tertiary/aromatic N) is 2. The van der Waals surface area contributed by atoms with E-state index in [4.69, 9.17) is 14.2 Å². The molecule has 3 aliphatic rings. The number of anilines is 1. The second-order valence-electron chi connectivity index (χ2n) is 9.04. The van der Waals surface area contributed by atoms with Gasteiger partial charge in [0.05, 0.1) is 32.9 Å². The number of carbonyl (C=O) groups excluding carboxylic acids is 2. The molecule has 0 bridgehead atoms. The zero-order valence-corrected chi connectivity index (χ0v) is 19.4. The Kier molecular flexibility index (Phi) is 7.08. The van der Waals surface area contributed by atoms with Crippen molar-refractivity contribution in [2.75, 3.05) is 52.4 Å². The molecule has 0 saturated carbocycles. The van der Waals surface area contributed by atoms with Crippen LogP contribution >= 0.6 is 0 Å². The predicted molar refractivity (Wildman–Crippen MR) is 122 cm³/mol. The van der Waals surface area contributed by atoms with Gasteiger partial charge < -0.3 is 29.3 Å². The maximum atomic E-state index is 12.9. The van der Waals surface area contributed by atoms with E-state index in [9.17, 15) is 9.59 Å². The second kappa shape index (κ2) is 9.98. The van der Waals surface area contributed by atoms with Gasteiger partial charge in [0.2, 0.25) is 17.6 Å². The van der Waals surface area contributed by atoms with Gasteiger partial charge in [0, 0.05) is 37.7 Å². The fourth-order valence-corrected chi connectivity index (χ4v) is 5.55. The van der Waals surface area contributed by atoms with Gasteiger partial charge in [-0.25, -0.2) is 0 Å². The van der Waals surface area contributed by atoms with Crippen LogP contribution in [0.4, 0.5) is 5.69 Å². The van der Waals surface area contributed by atoms with Crippen molar-refractivity contribution in [3.05, 3.63) is 12.1 Å². The van der Waals surface area contributed by atoms with Crippen molar-refractivity contribution in [3.8, 4) is 17.2 Å². The van der Waals surface area contributed by atoms with Crippen molar-refractivity contribution in [3.63, 3.8) is 0 Å². The summed E-state index contributed by atoms with van der Waals surface area (Å²) in [6.45, 7) is 3.43. The molecule has 0 unspecified atom stereocenters. The van der Waals surface area contributed by atoms with E-state index in [2.05, 4.69) is 10.2 Å². The van der Waals surface area contributed by atoms with Crippen molar-refractivity contribution in [2.45, 2.75) is 44.6 Å². The van der Waals surface area contributed by atoms with Gasteiger partial charge in [-0.05, 0) is 44.7 Å². The molecular weight excluding hydrogens is 410 g/mol. The smallest absolute Gasteiger partial charge is 0.227 e. The molecule has 8 nitrogen and oxygen atoms in total. The predicted octanol–water partition coefficient (Wildman–Crippen LogP) is 2.45. The molecule has 32 heavy (non-hydrogen) atoms. The van der Waals surface area contributed by atoms with Gasteiger partial charge in [-0.1, -0.05) is 6.42 Å². The molecule has 8 heteroatoms. The number of ether oxygens (including phenoxy) is 3. The first-order chi connectivity index (χ1) is 15.5. The molecule has 176 valence electrons. The van der Waals surface area contributed by atoms with Gasteiger partial charge in [-0.15, -0.1) is 0 Å². The van der Waals surface area contributed by atoms with Crippen molar-refractivity contribution in [1.29, 1.82) is 0 Å². The molecule has 3 fully saturated rings. The Morgan fingerprint density at radius 3 is 2.44 bits per heavy atom. The molecule has 3 atom stereocenters. The van der Waals surface area contributed by atoms with Crippen LogP contribution in [0, 0.1) is 11.8 Å². The summed E-state index contributed by atoms with van der Waals surface area (Å²) >= 11 is 0. The summed E-state index contributed by atoms with van der Waals surface area (Å²) in [5.41, 5.74) is 0.643. The number of fused-ring (bicyclic) bond motifs is 1. The Bertz CT molecular complexity index is 818. The van der Waals surface area contributed by atoms with Crippen LogP contribution in [0.2, 0.25) is 0 Å². The maximum absolute atomic E-state index is 12.9. The normalized spacial score (nSPS) is 25.9. The van der Waals surface area contributed by atoms with Crippen LogP contribution in [-0.2, 0) is 9.59 Å². The fraction of sp³-hybridized carbons (Fsp3) is 0.667. The summed E-state index contributed by atoms with van der Waals surface area (Å²) < 4.78 is 16.2. The highest BCUT2D eigenvalue weighted by atomic mass is 16.5. The van der Waals surface area contributed by atoms with E-state index in [0.29, 0.717) is 48.0 Å². The molecular formula is C24H35N3O5. The molecule has 0 spiro atoms. The second-order valence-corrected chi connectivity index (χ2v) is 9.04. The number of benzene rings is 1. The van der Waals surface area contributed by atoms with Crippen molar-refractivity contribution >= 4 is 17.5 Å². The van der Waals surface area contributed by atoms with Crippen LogP contribution in [0.1, 0.15) is 38.5 Å². The minimum atomic E-state index is -0.354. The molecule has 0 aromatic heterocycles. The minimum Gasteiger partial charge on any atom is -0.493 e. The number of piperidine rings is 2. The Hall–Kier alpha value is -2.48. The lowest BCUT2D eigenvalue weighted by Crippen LogP contribution is -2.51. The van der Waals surface area contributed by atoms with Gasteiger partial charge in [0.1, 0.15) is 0 Å². The molecule has 3 saturated heterocycles. The standard InChI is InChI=1S/C24H35N3O5/c1-30-20-12-18(13-21(31-2)23(20)32-3)27-15-17(11-22(27)28)24(29)25-14-16-7-6-10-26-9-5-4-8-19(16)26/h12-13,16-17,19H,4-11,14-15H2,1-3H3,(H,25,29)/t16-,17+,19-/m0/s1. The first kappa shape index (κ1) is 22.7. The monoisotopic (exact) mass is 445 g/mol. The quantitative estimate of drug-likeness (QED) is 0.695. The molecule has 3 heterocycles. The Morgan fingerprint density at radius 2 is 1.75 bits per heavy atom. The highest BCUT2D eigenvalue weighted by molar-refractivity contribution is 6.00. The van der Waals surface area contributed by atoms with Gasteiger partial charge in [-0.3, -0.25) is 9.59 Å². The number of carbonyl (C=O) groups is 2. The Balaban J connectivity index is 1.39. The van der Waals surface area contributed by atoms with Gasteiger partial charge >= 0.3 is 0 Å². The molecule has 3 aliphatic heterocycles. The first-order valence-electron chi connectivity index (χ1n) is 11.7. The van der Waals surface area contributed by atoms with Crippen molar-refractivity contribution in [2.24, 2.45) is 11.8 Å². The number of hydrogen-bond acceptors (Lipinski definition) is 6. The maximum Gasteiger partial charge on any atom is 0.227 e. The van der Waals surface area contributed by atoms with Crippen molar-refractivity contribution in [1.82, 2.24) is 10.2 Å². The van der Waals surface area contributed by atoms with Crippen LogP contribution < -0.4 is 24.4 Å². The summed E-state index contributed by atoms with van der Waals surface area (Å²) in [6, 6.07) is 4.09. The average Bonchev–Trinajstić information content (AvgIpc) is 3.23. The van der Waals surface area contributed by atoms with E-state index in [0.717, 1.165) is 0 Å². The van der Waals surface area contributed by atoms with E-state index in [1.165, 1.54) is 45.2 Å². The summed E-state index contributed by atoms with van der Waals surface area (Å²) in [6.07, 6.45) is 6.39. The lowest BCUT2D eigenvalue weighted by atomic mass is 9.83. The summed E-state index contributed by atoms with van der Waals surface area (Å²) in [5.74, 6) is 1.50. The lowest BCUT2D eigenvalue weighted by Gasteiger charge is -2.44. The van der Waals surface area contributed by atoms with Crippen molar-refractivity contribution < 1.29 is 23.8 Å². The van der Waals surface area contributed by atoms with E-state index in [-0.39, 0.29) is 24.2 Å². The van der Waals surface area contributed by atoms with Crippen LogP contribution in [0.3, 0.4) is 0 Å². The fourth-order valence-electron chi connectivity index (χ4n) is 5.55. The summed E-state index contributed by atoms with van der Waals surface area (Å²) in [4.78, 5) is 30.0. The van der Waals surface area contributed by atoms with Crippen LogP contribution in [-0.4, -0.2) is 70.3 Å². The number of hydrogen-bond donors (Lipinski definition) is 1. The lowest BCUT2D eigenvalue weighted by molar-refractivity contribution is -0.126. The van der Waals surface area contributed by atoms with Crippen LogP contribution in [0.5, 0.6) is 17.2 Å². The highest BCUT2D eigenvalue weighted by Crippen LogP contribution is 2.42. The number of amides is 2. The largest absolute Gasteiger partial charge is 0.493 e. The highest BCUT2D eigenvalue weighted by Gasteiger charge is 2.37. The molecule has 1 N–H and O–H groups in total. The number of rotatable bonds is 7. The third-order valence-corrected chi connectivity index (χ3v) is 7.22. The molecule has 4 rings (SSSR count). The Morgan fingerprint density at radius 1 is 1.03 bits per heavy atom.